The number of anilines is 2. The topological polar surface area (TPSA) is 103 Å². The van der Waals surface area contributed by atoms with E-state index in [1.165, 1.54) is 8.99 Å². The predicted molar refractivity (Wildman–Crippen MR) is 127 cm³/mol. The first kappa shape index (κ1) is 22.3. The molecule has 0 bridgehead atoms. The Morgan fingerprint density at radius 2 is 1.82 bits per heavy atom. The van der Waals surface area contributed by atoms with Crippen LogP contribution in [0.15, 0.2) is 47.4 Å². The minimum Gasteiger partial charge on any atom is -0.486 e. The standard InChI is InChI=1S/C24H26N4O5S/c1-15-23(34(30,31)27-11-10-18-6-4-5-7-20(18)27)16(2)28(26-15)17(3)24(29)25-19-8-9-21-22(14-19)33-13-12-32-21/h4-9,14,17H,10-13H2,1-3H3,(H,25,29)/t17-/m0/s1. The molecule has 1 atom stereocenters. The van der Waals surface area contributed by atoms with Gasteiger partial charge < -0.3 is 14.8 Å². The Bertz CT molecular complexity index is 1380. The molecule has 1 amide bonds. The van der Waals surface area contributed by atoms with Crippen molar-refractivity contribution >= 4 is 27.3 Å². The van der Waals surface area contributed by atoms with Gasteiger partial charge in [0.1, 0.15) is 24.2 Å². The van der Waals surface area contributed by atoms with E-state index in [1.807, 2.05) is 24.3 Å². The summed E-state index contributed by atoms with van der Waals surface area (Å²) in [5.41, 5.74) is 3.04. The van der Waals surface area contributed by atoms with Gasteiger partial charge in [-0.15, -0.1) is 0 Å². The smallest absolute Gasteiger partial charge is 0.268 e. The number of sulfonamides is 1. The van der Waals surface area contributed by atoms with Gasteiger partial charge in [0.15, 0.2) is 11.5 Å². The van der Waals surface area contributed by atoms with Crippen LogP contribution in [0.25, 0.3) is 0 Å². The number of nitrogens with zero attached hydrogens (tertiary/aromatic N) is 3. The van der Waals surface area contributed by atoms with Crippen LogP contribution in [0, 0.1) is 13.8 Å². The molecule has 0 aliphatic carbocycles. The second kappa shape index (κ2) is 8.35. The molecule has 9 nitrogen and oxygen atoms in total. The van der Waals surface area contributed by atoms with E-state index in [4.69, 9.17) is 9.47 Å². The summed E-state index contributed by atoms with van der Waals surface area (Å²) in [4.78, 5) is 13.2. The number of fused-ring (bicyclic) bond motifs is 2. The average molecular weight is 483 g/mol. The van der Waals surface area contributed by atoms with Crippen LogP contribution in [-0.2, 0) is 21.2 Å². The first-order valence-corrected chi connectivity index (χ1v) is 12.6. The highest BCUT2D eigenvalue weighted by Crippen LogP contribution is 2.36. The molecule has 1 N–H and O–H groups in total. The lowest BCUT2D eigenvalue weighted by atomic mass is 10.2. The second-order valence-corrected chi connectivity index (χ2v) is 10.2. The van der Waals surface area contributed by atoms with Crippen LogP contribution in [0.1, 0.15) is 29.9 Å². The van der Waals surface area contributed by atoms with E-state index < -0.39 is 16.1 Å². The minimum absolute atomic E-state index is 0.142. The molecule has 178 valence electrons. The molecule has 0 spiro atoms. The van der Waals surface area contributed by atoms with Crippen molar-refractivity contribution < 1.29 is 22.7 Å². The van der Waals surface area contributed by atoms with Gasteiger partial charge in [0.05, 0.1) is 17.1 Å². The van der Waals surface area contributed by atoms with Crippen LogP contribution in [-0.4, -0.2) is 43.9 Å². The van der Waals surface area contributed by atoms with Gasteiger partial charge in [0.2, 0.25) is 5.91 Å². The zero-order valence-corrected chi connectivity index (χ0v) is 20.1. The number of hydrogen-bond acceptors (Lipinski definition) is 6. The van der Waals surface area contributed by atoms with Crippen molar-refractivity contribution in [3.8, 4) is 11.5 Å². The van der Waals surface area contributed by atoms with Crippen molar-refractivity contribution in [2.75, 3.05) is 29.4 Å². The first-order valence-electron chi connectivity index (χ1n) is 11.1. The summed E-state index contributed by atoms with van der Waals surface area (Å²) in [7, 11) is -3.83. The Labute approximate surface area is 198 Å². The fourth-order valence-corrected chi connectivity index (χ4v) is 6.42. The summed E-state index contributed by atoms with van der Waals surface area (Å²) in [6.45, 7) is 6.35. The zero-order valence-electron chi connectivity index (χ0n) is 19.2. The van der Waals surface area contributed by atoms with E-state index in [-0.39, 0.29) is 10.8 Å². The van der Waals surface area contributed by atoms with Gasteiger partial charge in [-0.05, 0) is 51.0 Å². The molecule has 0 unspecified atom stereocenters. The molecule has 5 rings (SSSR count). The Hall–Kier alpha value is -3.53. The Morgan fingerprint density at radius 1 is 1.09 bits per heavy atom. The number of nitrogens with one attached hydrogen (secondary N) is 1. The molecule has 0 saturated heterocycles. The number of hydrogen-bond donors (Lipinski definition) is 1. The quantitative estimate of drug-likeness (QED) is 0.599. The number of ether oxygens (including phenoxy) is 2. The van der Waals surface area contributed by atoms with Crippen molar-refractivity contribution in [2.24, 2.45) is 0 Å². The predicted octanol–water partition coefficient (Wildman–Crippen LogP) is 3.22. The summed E-state index contributed by atoms with van der Waals surface area (Å²) in [6.07, 6.45) is 0.663. The number of aryl methyl sites for hydroxylation is 1. The normalized spacial score (nSPS) is 15.7. The third-order valence-corrected chi connectivity index (χ3v) is 8.27. The summed E-state index contributed by atoms with van der Waals surface area (Å²) < 4.78 is 41.2. The number of carbonyl (C=O) groups is 1. The number of para-hydroxylation sites is 1. The van der Waals surface area contributed by atoms with Crippen LogP contribution < -0.4 is 19.1 Å². The van der Waals surface area contributed by atoms with Gasteiger partial charge in [-0.2, -0.15) is 5.10 Å². The molecule has 0 fully saturated rings. The molecule has 0 saturated carbocycles. The monoisotopic (exact) mass is 482 g/mol. The van der Waals surface area contributed by atoms with Crippen molar-refractivity contribution in [3.05, 3.63) is 59.4 Å². The van der Waals surface area contributed by atoms with Crippen molar-refractivity contribution in [3.63, 3.8) is 0 Å². The highest BCUT2D eigenvalue weighted by Gasteiger charge is 2.36. The van der Waals surface area contributed by atoms with Gasteiger partial charge in [0, 0.05) is 18.3 Å². The molecule has 3 heterocycles. The molecular weight excluding hydrogens is 456 g/mol. The Kier molecular flexibility index (Phi) is 5.47. The number of benzene rings is 2. The van der Waals surface area contributed by atoms with E-state index >= 15 is 0 Å². The van der Waals surface area contributed by atoms with E-state index in [9.17, 15) is 13.2 Å². The van der Waals surface area contributed by atoms with Crippen LogP contribution in [0.3, 0.4) is 0 Å². The molecule has 10 heteroatoms. The minimum atomic E-state index is -3.83. The summed E-state index contributed by atoms with van der Waals surface area (Å²) in [5.74, 6) is 0.883. The maximum absolute atomic E-state index is 13.6. The van der Waals surface area contributed by atoms with Gasteiger partial charge in [-0.25, -0.2) is 8.42 Å². The summed E-state index contributed by atoms with van der Waals surface area (Å²) in [6, 6.07) is 12.0. The van der Waals surface area contributed by atoms with Gasteiger partial charge in [0.25, 0.3) is 10.0 Å². The third kappa shape index (κ3) is 3.67. The van der Waals surface area contributed by atoms with Crippen LogP contribution >= 0.6 is 0 Å². The van der Waals surface area contributed by atoms with Crippen molar-refractivity contribution in [2.45, 2.75) is 38.1 Å². The summed E-state index contributed by atoms with van der Waals surface area (Å²) in [5, 5.41) is 7.30. The van der Waals surface area contributed by atoms with Gasteiger partial charge in [-0.3, -0.25) is 13.8 Å². The fourth-order valence-electron chi connectivity index (χ4n) is 4.54. The van der Waals surface area contributed by atoms with E-state index in [0.717, 1.165) is 5.56 Å². The molecule has 2 aliphatic rings. The molecule has 2 aliphatic heterocycles. The van der Waals surface area contributed by atoms with E-state index in [1.54, 1.807) is 39.0 Å². The van der Waals surface area contributed by atoms with E-state index in [2.05, 4.69) is 10.4 Å². The zero-order chi connectivity index (χ0) is 24.0. The lowest BCUT2D eigenvalue weighted by molar-refractivity contribution is -0.119. The first-order chi connectivity index (χ1) is 16.3. The fraction of sp³-hybridized carbons (Fsp3) is 0.333. The number of rotatable bonds is 5. The van der Waals surface area contributed by atoms with Gasteiger partial charge in [-0.1, -0.05) is 18.2 Å². The maximum atomic E-state index is 13.6. The lowest BCUT2D eigenvalue weighted by Gasteiger charge is -2.21. The SMILES string of the molecule is Cc1nn([C@@H](C)C(=O)Nc2ccc3c(c2)OCCO3)c(C)c1S(=O)(=O)N1CCc2ccccc21. The van der Waals surface area contributed by atoms with Crippen LogP contribution in [0.2, 0.25) is 0 Å². The number of aromatic nitrogens is 2. The molecule has 3 aromatic rings. The molecular formula is C24H26N4O5S. The van der Waals surface area contributed by atoms with Crippen molar-refractivity contribution in [1.82, 2.24) is 9.78 Å². The molecule has 1 aromatic heterocycles. The Balaban J connectivity index is 1.41. The highest BCUT2D eigenvalue weighted by atomic mass is 32.2. The number of carbonyl (C=O) groups excluding carboxylic acids is 1. The van der Waals surface area contributed by atoms with Crippen molar-refractivity contribution in [1.29, 1.82) is 0 Å². The largest absolute Gasteiger partial charge is 0.486 e. The second-order valence-electron chi connectivity index (χ2n) is 8.42. The Morgan fingerprint density at radius 3 is 2.62 bits per heavy atom. The van der Waals surface area contributed by atoms with Gasteiger partial charge >= 0.3 is 0 Å². The van der Waals surface area contributed by atoms with E-state index in [0.29, 0.717) is 60.4 Å². The molecule has 0 radical (unpaired) electrons. The lowest BCUT2D eigenvalue weighted by Crippen LogP contribution is -2.30. The molecule has 34 heavy (non-hydrogen) atoms. The number of amides is 1. The maximum Gasteiger partial charge on any atom is 0.268 e. The third-order valence-electron chi connectivity index (χ3n) is 6.21. The molecule has 2 aromatic carbocycles. The highest BCUT2D eigenvalue weighted by molar-refractivity contribution is 7.93. The average Bonchev–Trinajstić information content (AvgIpc) is 3.39. The van der Waals surface area contributed by atoms with Crippen LogP contribution in [0.5, 0.6) is 11.5 Å². The summed E-state index contributed by atoms with van der Waals surface area (Å²) >= 11 is 0. The van der Waals surface area contributed by atoms with Crippen LogP contribution in [0.4, 0.5) is 11.4 Å².